The first kappa shape index (κ1) is 8.99. The molecule has 0 aromatic carbocycles. The molecule has 0 aliphatic rings. The second kappa shape index (κ2) is 2.74. The van der Waals surface area contributed by atoms with Gasteiger partial charge in [-0.3, -0.25) is 4.98 Å². The summed E-state index contributed by atoms with van der Waals surface area (Å²) < 4.78 is 0. The summed E-state index contributed by atoms with van der Waals surface area (Å²) in [7, 11) is -1.46. The van der Waals surface area contributed by atoms with Gasteiger partial charge in [0.05, 0.1) is 8.07 Å². The van der Waals surface area contributed by atoms with E-state index in [1.54, 1.807) is 6.20 Å². The Hall–Kier alpha value is -1.10. The minimum absolute atomic E-state index is 0.380. The summed E-state index contributed by atoms with van der Waals surface area (Å²) in [6.07, 6.45) is 1.58. The first-order valence-corrected chi connectivity index (χ1v) is 7.26. The van der Waals surface area contributed by atoms with Crippen molar-refractivity contribution in [2.75, 3.05) is 5.73 Å². The Balaban J connectivity index is 3.28. The van der Waals surface area contributed by atoms with E-state index < -0.39 is 8.07 Å². The summed E-state index contributed by atoms with van der Waals surface area (Å²) >= 11 is 0. The molecule has 0 fully saturated rings. The molecule has 0 unspecified atom stereocenters. The van der Waals surface area contributed by atoms with Crippen LogP contribution in [0.5, 0.6) is 0 Å². The predicted molar refractivity (Wildman–Crippen MR) is 52.3 cm³/mol. The molecule has 1 aromatic rings. The van der Waals surface area contributed by atoms with Crippen molar-refractivity contribution in [2.45, 2.75) is 19.6 Å². The van der Waals surface area contributed by atoms with Crippen LogP contribution in [0.4, 0.5) is 5.82 Å². The molecule has 0 amide bonds. The van der Waals surface area contributed by atoms with Crippen LogP contribution in [0.2, 0.25) is 19.6 Å². The monoisotopic (exact) mass is 183 g/mol. The van der Waals surface area contributed by atoms with Gasteiger partial charge in [0.2, 0.25) is 0 Å². The fraction of sp³-hybridized carbons (Fsp3) is 0.429. The van der Waals surface area contributed by atoms with Gasteiger partial charge in [-0.15, -0.1) is 0 Å². The first-order valence-electron chi connectivity index (χ1n) is 3.76. The third kappa shape index (κ3) is 1.73. The van der Waals surface area contributed by atoms with Crippen molar-refractivity contribution >= 4 is 19.1 Å². The van der Waals surface area contributed by atoms with Crippen LogP contribution in [0.3, 0.4) is 0 Å². The van der Waals surface area contributed by atoms with Crippen LogP contribution < -0.4 is 16.6 Å². The van der Waals surface area contributed by atoms with Crippen LogP contribution in [0.1, 0.15) is 0 Å². The van der Waals surface area contributed by atoms with Gasteiger partial charge in [-0.05, 0) is 5.19 Å². The van der Waals surface area contributed by atoms with E-state index in [-0.39, 0.29) is 5.69 Å². The highest BCUT2D eigenvalue weighted by atomic mass is 28.3. The fourth-order valence-corrected chi connectivity index (χ4v) is 2.33. The van der Waals surface area contributed by atoms with Crippen LogP contribution >= 0.6 is 0 Å². The quantitative estimate of drug-likeness (QED) is 0.597. The summed E-state index contributed by atoms with van der Waals surface area (Å²) in [5.41, 5.74) is 5.27. The first-order chi connectivity index (χ1) is 5.41. The minimum atomic E-state index is -1.46. The molecule has 3 N–H and O–H groups in total. The van der Waals surface area contributed by atoms with Gasteiger partial charge in [0, 0.05) is 6.20 Å². The molecule has 0 atom stereocenters. The largest absolute Gasteiger partial charge is 0.385 e. The summed E-state index contributed by atoms with van der Waals surface area (Å²) in [5.74, 6) is 0.467. The number of nitrogens with one attached hydrogen (secondary N) is 1. The van der Waals surface area contributed by atoms with Crippen molar-refractivity contribution in [1.29, 1.82) is 0 Å². The lowest BCUT2D eigenvalue weighted by Gasteiger charge is -2.16. The molecule has 1 rings (SSSR count). The number of nitrogens with two attached hydrogens (primary N) is 1. The smallest absolute Gasteiger partial charge is 0.346 e. The Kier molecular flexibility index (Phi) is 2.06. The van der Waals surface area contributed by atoms with Crippen LogP contribution in [0, 0.1) is 0 Å². The average Bonchev–Trinajstić information content (AvgIpc) is 1.83. The van der Waals surface area contributed by atoms with Gasteiger partial charge in [-0.25, -0.2) is 9.78 Å². The Bertz CT molecular complexity index is 339. The number of aromatic nitrogens is 2. The van der Waals surface area contributed by atoms with Crippen molar-refractivity contribution in [2.24, 2.45) is 0 Å². The van der Waals surface area contributed by atoms with Crippen LogP contribution in [-0.4, -0.2) is 18.0 Å². The molecular weight excluding hydrogens is 170 g/mol. The molecule has 12 heavy (non-hydrogen) atoms. The lowest BCUT2D eigenvalue weighted by Crippen LogP contribution is -2.42. The number of hydrogen-bond acceptors (Lipinski definition) is 3. The van der Waals surface area contributed by atoms with Crippen molar-refractivity contribution in [3.8, 4) is 0 Å². The Labute approximate surface area is 71.8 Å². The molecule has 4 nitrogen and oxygen atoms in total. The van der Waals surface area contributed by atoms with Gasteiger partial charge in [-0.2, -0.15) is 0 Å². The summed E-state index contributed by atoms with van der Waals surface area (Å²) in [5, 5.41) is 1.00. The van der Waals surface area contributed by atoms with Gasteiger partial charge >= 0.3 is 5.69 Å². The zero-order valence-corrected chi connectivity index (χ0v) is 8.51. The van der Waals surface area contributed by atoms with Gasteiger partial charge in [0.1, 0.15) is 5.82 Å². The fourth-order valence-electron chi connectivity index (χ4n) is 1.01. The lowest BCUT2D eigenvalue weighted by atomic mass is 10.6. The van der Waals surface area contributed by atoms with Gasteiger partial charge in [-0.1, -0.05) is 19.6 Å². The van der Waals surface area contributed by atoms with Crippen molar-refractivity contribution < 1.29 is 0 Å². The van der Waals surface area contributed by atoms with E-state index in [9.17, 15) is 4.79 Å². The molecular formula is C7H13N3OSi. The zero-order chi connectivity index (χ0) is 9.35. The normalized spacial score (nSPS) is 11.6. The van der Waals surface area contributed by atoms with E-state index in [1.807, 2.05) is 0 Å². The van der Waals surface area contributed by atoms with E-state index in [0.29, 0.717) is 5.82 Å². The molecule has 0 spiro atoms. The standard InChI is InChI=1S/C7H13N3OSi/c1-12(2,3)5-4-9-7(11)10-6(5)8/h4H,1-3H3,(H3,8,9,10,11). The molecule has 0 saturated carbocycles. The summed E-state index contributed by atoms with van der Waals surface area (Å²) in [4.78, 5) is 16.9. The van der Waals surface area contributed by atoms with Crippen molar-refractivity contribution in [3.05, 3.63) is 16.7 Å². The molecule has 0 radical (unpaired) electrons. The maximum Gasteiger partial charge on any atom is 0.346 e. The number of aromatic amines is 1. The highest BCUT2D eigenvalue weighted by Gasteiger charge is 2.19. The van der Waals surface area contributed by atoms with Gasteiger partial charge in [0.25, 0.3) is 0 Å². The van der Waals surface area contributed by atoms with E-state index in [1.165, 1.54) is 0 Å². The lowest BCUT2D eigenvalue weighted by molar-refractivity contribution is 1.09. The summed E-state index contributed by atoms with van der Waals surface area (Å²) in [6, 6.07) is 0. The topological polar surface area (TPSA) is 71.8 Å². The van der Waals surface area contributed by atoms with E-state index in [2.05, 4.69) is 29.6 Å². The second-order valence-corrected chi connectivity index (χ2v) is 8.80. The van der Waals surface area contributed by atoms with E-state index >= 15 is 0 Å². The number of hydrogen-bond donors (Lipinski definition) is 2. The summed E-state index contributed by atoms with van der Waals surface area (Å²) in [6.45, 7) is 6.45. The molecule has 0 aliphatic carbocycles. The SMILES string of the molecule is C[Si](C)(C)c1cnc(=O)[nH]c1N. The maximum atomic E-state index is 10.7. The molecule has 1 heterocycles. The Morgan fingerprint density at radius 1 is 1.50 bits per heavy atom. The molecule has 0 saturated heterocycles. The molecule has 0 bridgehead atoms. The maximum absolute atomic E-state index is 10.7. The second-order valence-electron chi connectivity index (χ2n) is 3.77. The van der Waals surface area contributed by atoms with Crippen LogP contribution in [0.15, 0.2) is 11.0 Å². The van der Waals surface area contributed by atoms with Crippen LogP contribution in [0.25, 0.3) is 0 Å². The molecule has 1 aromatic heterocycles. The van der Waals surface area contributed by atoms with Gasteiger partial charge in [0.15, 0.2) is 0 Å². The highest BCUT2D eigenvalue weighted by Crippen LogP contribution is 2.03. The average molecular weight is 183 g/mol. The number of H-pyrrole nitrogens is 1. The predicted octanol–water partition coefficient (Wildman–Crippen LogP) is -0.103. The third-order valence-electron chi connectivity index (χ3n) is 1.65. The number of rotatable bonds is 1. The van der Waals surface area contributed by atoms with Crippen LogP contribution in [-0.2, 0) is 0 Å². The molecule has 0 aliphatic heterocycles. The minimum Gasteiger partial charge on any atom is -0.385 e. The van der Waals surface area contributed by atoms with E-state index in [4.69, 9.17) is 5.73 Å². The number of nitrogen functional groups attached to an aromatic ring is 1. The van der Waals surface area contributed by atoms with E-state index in [0.717, 1.165) is 5.19 Å². The molecule has 5 heteroatoms. The zero-order valence-electron chi connectivity index (χ0n) is 7.51. The van der Waals surface area contributed by atoms with Gasteiger partial charge < -0.3 is 5.73 Å². The Morgan fingerprint density at radius 3 is 2.50 bits per heavy atom. The number of anilines is 1. The number of nitrogens with zero attached hydrogens (tertiary/aromatic N) is 1. The van der Waals surface area contributed by atoms with Crippen molar-refractivity contribution in [1.82, 2.24) is 9.97 Å². The third-order valence-corrected chi connectivity index (χ3v) is 3.67. The highest BCUT2D eigenvalue weighted by molar-refractivity contribution is 6.89. The molecule has 66 valence electrons. The Morgan fingerprint density at radius 2 is 2.08 bits per heavy atom. The van der Waals surface area contributed by atoms with Crippen molar-refractivity contribution in [3.63, 3.8) is 0 Å².